The van der Waals surface area contributed by atoms with Crippen molar-refractivity contribution in [1.29, 1.82) is 0 Å². The lowest BCUT2D eigenvalue weighted by molar-refractivity contribution is -0.135. The summed E-state index contributed by atoms with van der Waals surface area (Å²) in [6.07, 6.45) is 0. The maximum absolute atomic E-state index is 12.0. The number of carboxylic acid groups (broad SMARTS) is 1. The Hall–Kier alpha value is -2.39. The third-order valence-electron chi connectivity index (χ3n) is 2.56. The summed E-state index contributed by atoms with van der Waals surface area (Å²) in [5.41, 5.74) is 0.545. The van der Waals surface area contributed by atoms with Crippen LogP contribution in [0.1, 0.15) is 10.4 Å². The molecular formula is C13H12N2O5S2. The Kier molecular flexibility index (Phi) is 4.78. The van der Waals surface area contributed by atoms with Gasteiger partial charge in [0.25, 0.3) is 15.9 Å². The van der Waals surface area contributed by atoms with E-state index < -0.39 is 28.4 Å². The molecule has 0 spiro atoms. The van der Waals surface area contributed by atoms with Crippen molar-refractivity contribution in [3.63, 3.8) is 0 Å². The number of benzene rings is 1. The van der Waals surface area contributed by atoms with Gasteiger partial charge in [0, 0.05) is 11.3 Å². The molecule has 0 saturated carbocycles. The lowest BCUT2D eigenvalue weighted by Crippen LogP contribution is -2.29. The Morgan fingerprint density at radius 1 is 1.14 bits per heavy atom. The molecule has 0 aliphatic rings. The second-order valence-electron chi connectivity index (χ2n) is 4.19. The van der Waals surface area contributed by atoms with Crippen molar-refractivity contribution in [2.45, 2.75) is 4.21 Å². The molecule has 0 atom stereocenters. The van der Waals surface area contributed by atoms with Gasteiger partial charge < -0.3 is 10.4 Å². The minimum atomic E-state index is -3.63. The number of nitrogens with one attached hydrogen (secondary N) is 2. The van der Waals surface area contributed by atoms with E-state index in [2.05, 4.69) is 10.0 Å². The van der Waals surface area contributed by atoms with Crippen LogP contribution in [0.2, 0.25) is 0 Å². The first-order valence-electron chi connectivity index (χ1n) is 6.05. The summed E-state index contributed by atoms with van der Waals surface area (Å²) in [5, 5.41) is 12.4. The zero-order chi connectivity index (χ0) is 16.2. The van der Waals surface area contributed by atoms with Crippen molar-refractivity contribution in [2.24, 2.45) is 0 Å². The molecule has 22 heavy (non-hydrogen) atoms. The molecule has 0 fully saturated rings. The topological polar surface area (TPSA) is 113 Å². The second kappa shape index (κ2) is 6.58. The van der Waals surface area contributed by atoms with E-state index in [0.717, 1.165) is 11.3 Å². The number of hydrogen-bond donors (Lipinski definition) is 3. The second-order valence-corrected chi connectivity index (χ2v) is 7.05. The summed E-state index contributed by atoms with van der Waals surface area (Å²) in [7, 11) is -3.63. The molecule has 0 aliphatic heterocycles. The third kappa shape index (κ3) is 4.06. The van der Waals surface area contributed by atoms with Crippen LogP contribution in [0, 0.1) is 0 Å². The fraction of sp³-hybridized carbons (Fsp3) is 0.0769. The van der Waals surface area contributed by atoms with Crippen LogP contribution in [-0.4, -0.2) is 31.9 Å². The van der Waals surface area contributed by atoms with Crippen LogP contribution in [0.4, 0.5) is 5.69 Å². The number of aliphatic carboxylic acids is 1. The number of sulfonamides is 1. The molecule has 2 aromatic rings. The SMILES string of the molecule is O=C(O)CNC(=O)c1ccc(NS(=O)(=O)c2cccs2)cc1. The van der Waals surface area contributed by atoms with Crippen molar-refractivity contribution in [3.8, 4) is 0 Å². The average molecular weight is 340 g/mol. The van der Waals surface area contributed by atoms with E-state index in [4.69, 9.17) is 5.11 Å². The van der Waals surface area contributed by atoms with Gasteiger partial charge in [0.05, 0.1) is 0 Å². The zero-order valence-electron chi connectivity index (χ0n) is 11.1. The van der Waals surface area contributed by atoms with Gasteiger partial charge >= 0.3 is 5.97 Å². The smallest absolute Gasteiger partial charge is 0.322 e. The van der Waals surface area contributed by atoms with Crippen molar-refractivity contribution in [2.75, 3.05) is 11.3 Å². The molecule has 0 bridgehead atoms. The molecule has 0 unspecified atom stereocenters. The van der Waals surface area contributed by atoms with Crippen LogP contribution in [0.3, 0.4) is 0 Å². The molecule has 1 aromatic heterocycles. The van der Waals surface area contributed by atoms with Gasteiger partial charge in [0.1, 0.15) is 10.8 Å². The number of amides is 1. The standard InChI is InChI=1S/C13H12N2O5S2/c16-11(17)8-14-13(18)9-3-5-10(6-4-9)15-22(19,20)12-2-1-7-21-12/h1-7,15H,8H2,(H,14,18)(H,16,17). The minimum Gasteiger partial charge on any atom is -0.480 e. The lowest BCUT2D eigenvalue weighted by Gasteiger charge is -2.07. The summed E-state index contributed by atoms with van der Waals surface area (Å²) in [6, 6.07) is 8.80. The molecule has 116 valence electrons. The Balaban J connectivity index is 2.06. The van der Waals surface area contributed by atoms with Gasteiger partial charge in [-0.2, -0.15) is 0 Å². The van der Waals surface area contributed by atoms with Crippen LogP contribution in [0.25, 0.3) is 0 Å². The van der Waals surface area contributed by atoms with Gasteiger partial charge in [-0.15, -0.1) is 11.3 Å². The summed E-state index contributed by atoms with van der Waals surface area (Å²) < 4.78 is 26.6. The monoisotopic (exact) mass is 340 g/mol. The van der Waals surface area contributed by atoms with Crippen molar-refractivity contribution in [3.05, 3.63) is 47.3 Å². The fourth-order valence-corrected chi connectivity index (χ4v) is 3.62. The maximum atomic E-state index is 12.0. The summed E-state index contributed by atoms with van der Waals surface area (Å²) in [6.45, 7) is -0.481. The van der Waals surface area contributed by atoms with E-state index in [-0.39, 0.29) is 9.77 Å². The Morgan fingerprint density at radius 2 is 1.82 bits per heavy atom. The van der Waals surface area contributed by atoms with E-state index in [1.165, 1.54) is 30.3 Å². The number of hydrogen-bond acceptors (Lipinski definition) is 5. The van der Waals surface area contributed by atoms with E-state index in [9.17, 15) is 18.0 Å². The molecule has 0 aliphatic carbocycles. The Morgan fingerprint density at radius 3 is 2.36 bits per heavy atom. The molecule has 1 amide bonds. The molecular weight excluding hydrogens is 328 g/mol. The van der Waals surface area contributed by atoms with Gasteiger partial charge in [0.15, 0.2) is 0 Å². The van der Waals surface area contributed by atoms with Crippen LogP contribution < -0.4 is 10.0 Å². The van der Waals surface area contributed by atoms with E-state index in [0.29, 0.717) is 5.69 Å². The van der Waals surface area contributed by atoms with E-state index >= 15 is 0 Å². The number of rotatable bonds is 6. The predicted octanol–water partition coefficient (Wildman–Crippen LogP) is 1.36. The van der Waals surface area contributed by atoms with E-state index in [1.807, 2.05) is 0 Å². The van der Waals surface area contributed by atoms with Crippen molar-refractivity contribution >= 4 is 38.9 Å². The number of carbonyl (C=O) groups excluding carboxylic acids is 1. The molecule has 1 aromatic carbocycles. The lowest BCUT2D eigenvalue weighted by atomic mass is 10.2. The van der Waals surface area contributed by atoms with Gasteiger partial charge in [-0.25, -0.2) is 8.42 Å². The molecule has 2 rings (SSSR count). The number of thiophene rings is 1. The Bertz CT molecular complexity index is 767. The Labute approximate surface area is 130 Å². The highest BCUT2D eigenvalue weighted by molar-refractivity contribution is 7.94. The average Bonchev–Trinajstić information content (AvgIpc) is 3.00. The predicted molar refractivity (Wildman–Crippen MR) is 81.5 cm³/mol. The largest absolute Gasteiger partial charge is 0.480 e. The van der Waals surface area contributed by atoms with Crippen LogP contribution >= 0.6 is 11.3 Å². The highest BCUT2D eigenvalue weighted by Gasteiger charge is 2.15. The molecule has 0 saturated heterocycles. The van der Waals surface area contributed by atoms with Crippen molar-refractivity contribution in [1.82, 2.24) is 5.32 Å². The molecule has 7 nitrogen and oxygen atoms in total. The van der Waals surface area contributed by atoms with Crippen LogP contribution in [0.15, 0.2) is 46.0 Å². The molecule has 1 heterocycles. The first kappa shape index (κ1) is 16.0. The quantitative estimate of drug-likeness (QED) is 0.735. The molecule has 3 N–H and O–H groups in total. The zero-order valence-corrected chi connectivity index (χ0v) is 12.8. The number of carboxylic acids is 1. The van der Waals surface area contributed by atoms with Crippen LogP contribution in [-0.2, 0) is 14.8 Å². The number of carbonyl (C=O) groups is 2. The van der Waals surface area contributed by atoms with Crippen LogP contribution in [0.5, 0.6) is 0 Å². The van der Waals surface area contributed by atoms with Gasteiger partial charge in [-0.05, 0) is 35.7 Å². The molecule has 9 heteroatoms. The first-order chi connectivity index (χ1) is 10.4. The highest BCUT2D eigenvalue weighted by Crippen LogP contribution is 2.20. The summed E-state index contributed by atoms with van der Waals surface area (Å²) in [5.74, 6) is -1.69. The normalized spacial score (nSPS) is 10.9. The summed E-state index contributed by atoms with van der Waals surface area (Å²) in [4.78, 5) is 22.0. The fourth-order valence-electron chi connectivity index (χ4n) is 1.57. The van der Waals surface area contributed by atoms with Gasteiger partial charge in [0.2, 0.25) is 0 Å². The minimum absolute atomic E-state index is 0.191. The first-order valence-corrected chi connectivity index (χ1v) is 8.41. The third-order valence-corrected chi connectivity index (χ3v) is 5.34. The summed E-state index contributed by atoms with van der Waals surface area (Å²) >= 11 is 1.10. The van der Waals surface area contributed by atoms with E-state index in [1.54, 1.807) is 11.4 Å². The molecule has 0 radical (unpaired) electrons. The highest BCUT2D eigenvalue weighted by atomic mass is 32.2. The van der Waals surface area contributed by atoms with Gasteiger partial charge in [-0.1, -0.05) is 6.07 Å². The maximum Gasteiger partial charge on any atom is 0.322 e. The van der Waals surface area contributed by atoms with Crippen molar-refractivity contribution < 1.29 is 23.1 Å². The number of anilines is 1. The van der Waals surface area contributed by atoms with Gasteiger partial charge in [-0.3, -0.25) is 14.3 Å².